The maximum atomic E-state index is 11.7. The Morgan fingerprint density at radius 2 is 1.71 bits per heavy atom. The van der Waals surface area contributed by atoms with E-state index in [1.807, 2.05) is 0 Å². The number of ketones is 1. The van der Waals surface area contributed by atoms with Crippen molar-refractivity contribution < 1.29 is 9.59 Å². The molecule has 0 aliphatic carbocycles. The first kappa shape index (κ1) is 13.7. The summed E-state index contributed by atoms with van der Waals surface area (Å²) in [7, 11) is 0. The third-order valence-corrected chi connectivity index (χ3v) is 2.51. The smallest absolute Gasteiger partial charge is 0.225 e. The van der Waals surface area contributed by atoms with Crippen LogP contribution in [0.15, 0.2) is 24.3 Å². The van der Waals surface area contributed by atoms with Crippen LogP contribution in [0.3, 0.4) is 0 Å². The summed E-state index contributed by atoms with van der Waals surface area (Å²) in [6, 6.07) is 6.60. The number of hydrogen-bond acceptors (Lipinski definition) is 2. The van der Waals surface area contributed by atoms with E-state index in [0.717, 1.165) is 0 Å². The van der Waals surface area contributed by atoms with Gasteiger partial charge in [-0.2, -0.15) is 0 Å². The van der Waals surface area contributed by atoms with Crippen molar-refractivity contribution in [2.45, 2.75) is 20.8 Å². The van der Waals surface area contributed by atoms with Gasteiger partial charge in [-0.05, 0) is 24.3 Å². The van der Waals surface area contributed by atoms with Gasteiger partial charge in [0.1, 0.15) is 0 Å². The lowest BCUT2D eigenvalue weighted by molar-refractivity contribution is -0.128. The van der Waals surface area contributed by atoms with Gasteiger partial charge in [0, 0.05) is 16.0 Å². The quantitative estimate of drug-likeness (QED) is 0.842. The molecule has 0 radical (unpaired) electrons. The van der Waals surface area contributed by atoms with Crippen molar-refractivity contribution in [3.05, 3.63) is 34.9 Å². The van der Waals surface area contributed by atoms with Crippen molar-refractivity contribution in [2.24, 2.45) is 5.41 Å². The second kappa shape index (κ2) is 5.32. The van der Waals surface area contributed by atoms with Crippen molar-refractivity contribution in [3.8, 4) is 0 Å². The molecule has 0 bridgehead atoms. The molecule has 1 aromatic rings. The highest BCUT2D eigenvalue weighted by atomic mass is 35.5. The van der Waals surface area contributed by atoms with Crippen molar-refractivity contribution >= 4 is 23.3 Å². The number of halogens is 1. The van der Waals surface area contributed by atoms with Crippen LogP contribution in [0.4, 0.5) is 0 Å². The Hall–Kier alpha value is -1.35. The predicted molar refractivity (Wildman–Crippen MR) is 68.2 cm³/mol. The summed E-state index contributed by atoms with van der Waals surface area (Å²) >= 11 is 5.72. The van der Waals surface area contributed by atoms with Crippen LogP contribution in [0.5, 0.6) is 0 Å². The molecule has 1 amide bonds. The van der Waals surface area contributed by atoms with Crippen LogP contribution in [0, 0.1) is 5.41 Å². The van der Waals surface area contributed by atoms with E-state index in [0.29, 0.717) is 10.6 Å². The number of nitrogens with one attached hydrogen (secondary N) is 1. The van der Waals surface area contributed by atoms with Gasteiger partial charge in [-0.1, -0.05) is 32.4 Å². The third kappa shape index (κ3) is 4.19. The summed E-state index contributed by atoms with van der Waals surface area (Å²) in [4.78, 5) is 23.3. The second-order valence-corrected chi connectivity index (χ2v) is 5.30. The van der Waals surface area contributed by atoms with Crippen LogP contribution in [0.1, 0.15) is 31.1 Å². The van der Waals surface area contributed by atoms with E-state index >= 15 is 0 Å². The minimum atomic E-state index is -0.486. The number of carbonyl (C=O) groups excluding carboxylic acids is 2. The Balaban J connectivity index is 2.56. The van der Waals surface area contributed by atoms with E-state index in [1.165, 1.54) is 0 Å². The van der Waals surface area contributed by atoms with Gasteiger partial charge < -0.3 is 5.32 Å². The van der Waals surface area contributed by atoms with Gasteiger partial charge in [0.25, 0.3) is 0 Å². The zero-order chi connectivity index (χ0) is 13.1. The van der Waals surface area contributed by atoms with Gasteiger partial charge >= 0.3 is 0 Å². The molecule has 0 aliphatic heterocycles. The van der Waals surface area contributed by atoms with Crippen LogP contribution < -0.4 is 5.32 Å². The normalized spacial score (nSPS) is 11.1. The molecule has 1 aromatic carbocycles. The number of hydrogen-bond donors (Lipinski definition) is 1. The highest BCUT2D eigenvalue weighted by molar-refractivity contribution is 6.30. The number of amides is 1. The molecule has 4 heteroatoms. The van der Waals surface area contributed by atoms with Crippen LogP contribution in [-0.4, -0.2) is 18.2 Å². The average Bonchev–Trinajstić information content (AvgIpc) is 2.25. The zero-order valence-electron chi connectivity index (χ0n) is 10.2. The second-order valence-electron chi connectivity index (χ2n) is 4.86. The van der Waals surface area contributed by atoms with E-state index < -0.39 is 5.41 Å². The number of benzene rings is 1. The van der Waals surface area contributed by atoms with Gasteiger partial charge in [-0.3, -0.25) is 9.59 Å². The Labute approximate surface area is 106 Å². The van der Waals surface area contributed by atoms with E-state index in [4.69, 9.17) is 11.6 Å². The minimum absolute atomic E-state index is 0.0116. The molecule has 0 saturated heterocycles. The fourth-order valence-corrected chi connectivity index (χ4v) is 1.29. The van der Waals surface area contributed by atoms with Crippen molar-refractivity contribution in [3.63, 3.8) is 0 Å². The van der Waals surface area contributed by atoms with Crippen molar-refractivity contribution in [1.82, 2.24) is 5.32 Å². The maximum Gasteiger partial charge on any atom is 0.225 e. The molecule has 0 atom stereocenters. The zero-order valence-corrected chi connectivity index (χ0v) is 11.0. The summed E-state index contributed by atoms with van der Waals surface area (Å²) in [5.74, 6) is -0.265. The molecule has 0 saturated carbocycles. The lowest BCUT2D eigenvalue weighted by Gasteiger charge is -2.17. The fraction of sp³-hybridized carbons (Fsp3) is 0.385. The first-order valence-electron chi connectivity index (χ1n) is 5.38. The molecule has 17 heavy (non-hydrogen) atoms. The highest BCUT2D eigenvalue weighted by Gasteiger charge is 2.21. The molecule has 0 fully saturated rings. The molecule has 92 valence electrons. The van der Waals surface area contributed by atoms with Gasteiger partial charge in [0.05, 0.1) is 6.54 Å². The summed E-state index contributed by atoms with van der Waals surface area (Å²) in [5.41, 5.74) is 0.0592. The van der Waals surface area contributed by atoms with Gasteiger partial charge in [0.15, 0.2) is 5.78 Å². The number of rotatable bonds is 3. The molecule has 0 spiro atoms. The summed E-state index contributed by atoms with van der Waals surface area (Å²) in [6.07, 6.45) is 0. The Kier molecular flexibility index (Phi) is 4.29. The van der Waals surface area contributed by atoms with Crippen LogP contribution in [0.2, 0.25) is 5.02 Å². The molecular formula is C13H16ClNO2. The standard InChI is InChI=1S/C13H16ClNO2/c1-13(2,3)12(17)15-8-11(16)9-4-6-10(14)7-5-9/h4-7H,8H2,1-3H3,(H,15,17). The van der Waals surface area contributed by atoms with E-state index in [2.05, 4.69) is 5.32 Å². The maximum absolute atomic E-state index is 11.7. The highest BCUT2D eigenvalue weighted by Crippen LogP contribution is 2.13. The van der Waals surface area contributed by atoms with Crippen LogP contribution in [0.25, 0.3) is 0 Å². The summed E-state index contributed by atoms with van der Waals surface area (Å²) < 4.78 is 0. The molecule has 1 N–H and O–H groups in total. The molecule has 0 heterocycles. The topological polar surface area (TPSA) is 46.2 Å². The monoisotopic (exact) mass is 253 g/mol. The van der Waals surface area contributed by atoms with E-state index in [1.54, 1.807) is 45.0 Å². The lowest BCUT2D eigenvalue weighted by Crippen LogP contribution is -2.37. The molecule has 1 rings (SSSR count). The van der Waals surface area contributed by atoms with Crippen LogP contribution >= 0.6 is 11.6 Å². The van der Waals surface area contributed by atoms with E-state index in [9.17, 15) is 9.59 Å². The Morgan fingerprint density at radius 1 is 1.18 bits per heavy atom. The van der Waals surface area contributed by atoms with Crippen molar-refractivity contribution in [1.29, 1.82) is 0 Å². The largest absolute Gasteiger partial charge is 0.348 e. The van der Waals surface area contributed by atoms with Crippen molar-refractivity contribution in [2.75, 3.05) is 6.54 Å². The first-order chi connectivity index (χ1) is 7.80. The Bertz CT molecular complexity index is 418. The third-order valence-electron chi connectivity index (χ3n) is 2.26. The molecule has 0 aliphatic rings. The number of Topliss-reactive ketones (excluding diaryl/α,β-unsaturated/α-hetero) is 1. The molecule has 0 unspecified atom stereocenters. The van der Waals surface area contributed by atoms with Gasteiger partial charge in [0.2, 0.25) is 5.91 Å². The van der Waals surface area contributed by atoms with Gasteiger partial charge in [-0.25, -0.2) is 0 Å². The minimum Gasteiger partial charge on any atom is -0.348 e. The SMILES string of the molecule is CC(C)(C)C(=O)NCC(=O)c1ccc(Cl)cc1. The molecular weight excluding hydrogens is 238 g/mol. The summed E-state index contributed by atoms with van der Waals surface area (Å²) in [5, 5.41) is 3.20. The number of carbonyl (C=O) groups is 2. The molecule has 0 aromatic heterocycles. The summed E-state index contributed by atoms with van der Waals surface area (Å²) in [6.45, 7) is 5.41. The average molecular weight is 254 g/mol. The van der Waals surface area contributed by atoms with Gasteiger partial charge in [-0.15, -0.1) is 0 Å². The van der Waals surface area contributed by atoms with E-state index in [-0.39, 0.29) is 18.2 Å². The first-order valence-corrected chi connectivity index (χ1v) is 5.75. The predicted octanol–water partition coefficient (Wildman–Crippen LogP) is 2.69. The van der Waals surface area contributed by atoms with Crippen LogP contribution in [-0.2, 0) is 4.79 Å². The molecule has 3 nitrogen and oxygen atoms in total. The Morgan fingerprint density at radius 3 is 2.18 bits per heavy atom. The fourth-order valence-electron chi connectivity index (χ4n) is 1.16. The lowest BCUT2D eigenvalue weighted by atomic mass is 9.95.